The standard InChI is InChI=1S/C24H38Si/c1-3-4-5-6-19-7-9-20(10-8-19)21-11-13-22(14-12-21)23-15-17-24(25-2)18-16-23/h7,15-18,20-22H,3-6,8-14,25H2,1-2H3. The SMILES string of the molecule is CCCCCC1=CCC(C2CCC(c3ccc([SiH2]C)cc3)CC2)CC1. The van der Waals surface area contributed by atoms with Gasteiger partial charge in [-0.25, -0.2) is 0 Å². The van der Waals surface area contributed by atoms with Gasteiger partial charge in [-0.15, -0.1) is 0 Å². The largest absolute Gasteiger partial charge is 0.0850 e. The van der Waals surface area contributed by atoms with Crippen LogP contribution in [0.1, 0.15) is 89.0 Å². The van der Waals surface area contributed by atoms with E-state index in [9.17, 15) is 0 Å². The van der Waals surface area contributed by atoms with Gasteiger partial charge in [0.15, 0.2) is 0 Å². The zero-order valence-electron chi connectivity index (χ0n) is 16.6. The Morgan fingerprint density at radius 1 is 0.920 bits per heavy atom. The van der Waals surface area contributed by atoms with Crippen molar-refractivity contribution in [3.63, 3.8) is 0 Å². The van der Waals surface area contributed by atoms with E-state index in [0.29, 0.717) is 0 Å². The van der Waals surface area contributed by atoms with Gasteiger partial charge in [0.2, 0.25) is 0 Å². The third kappa shape index (κ3) is 5.33. The van der Waals surface area contributed by atoms with Gasteiger partial charge in [-0.05, 0) is 81.1 Å². The minimum Gasteiger partial charge on any atom is -0.0850 e. The van der Waals surface area contributed by atoms with Crippen LogP contribution in [0.5, 0.6) is 0 Å². The minimum atomic E-state index is 0.00777. The first-order valence-electron chi connectivity index (χ1n) is 11.1. The first kappa shape index (κ1) is 19.0. The first-order chi connectivity index (χ1) is 12.3. The molecule has 1 atom stereocenters. The van der Waals surface area contributed by atoms with Crippen molar-refractivity contribution in [2.24, 2.45) is 11.8 Å². The molecule has 0 aromatic heterocycles. The molecule has 25 heavy (non-hydrogen) atoms. The van der Waals surface area contributed by atoms with Gasteiger partial charge in [-0.2, -0.15) is 0 Å². The normalized spacial score (nSPS) is 27.6. The highest BCUT2D eigenvalue weighted by Crippen LogP contribution is 2.42. The molecule has 0 spiro atoms. The molecule has 0 nitrogen and oxygen atoms in total. The van der Waals surface area contributed by atoms with E-state index in [1.54, 1.807) is 16.3 Å². The van der Waals surface area contributed by atoms with Crippen molar-refractivity contribution in [2.75, 3.05) is 0 Å². The van der Waals surface area contributed by atoms with Crippen LogP contribution in [0.15, 0.2) is 35.9 Å². The molecule has 0 amide bonds. The molecule has 0 N–H and O–H groups in total. The van der Waals surface area contributed by atoms with Crippen LogP contribution in [0, 0.1) is 11.8 Å². The Hall–Kier alpha value is -0.823. The Morgan fingerprint density at radius 3 is 2.28 bits per heavy atom. The van der Waals surface area contributed by atoms with Crippen molar-refractivity contribution < 1.29 is 0 Å². The third-order valence-corrected chi connectivity index (χ3v) is 8.23. The Balaban J connectivity index is 1.44. The molecule has 0 aliphatic heterocycles. The Bertz CT molecular complexity index is 534. The lowest BCUT2D eigenvalue weighted by atomic mass is 9.70. The van der Waals surface area contributed by atoms with Gasteiger partial charge in [0.05, 0.1) is 9.52 Å². The van der Waals surface area contributed by atoms with Gasteiger partial charge < -0.3 is 0 Å². The monoisotopic (exact) mass is 354 g/mol. The lowest BCUT2D eigenvalue weighted by Crippen LogP contribution is -2.23. The lowest BCUT2D eigenvalue weighted by Gasteiger charge is -2.35. The van der Waals surface area contributed by atoms with Crippen molar-refractivity contribution in [1.29, 1.82) is 0 Å². The third-order valence-electron chi connectivity index (χ3n) is 6.94. The number of rotatable bonds is 7. The van der Waals surface area contributed by atoms with Crippen LogP contribution in [0.3, 0.4) is 0 Å². The Labute approximate surface area is 158 Å². The predicted molar refractivity (Wildman–Crippen MR) is 115 cm³/mol. The van der Waals surface area contributed by atoms with Gasteiger partial charge >= 0.3 is 0 Å². The maximum absolute atomic E-state index is 2.63. The van der Waals surface area contributed by atoms with Crippen molar-refractivity contribution >= 4 is 14.7 Å². The average Bonchev–Trinajstić information content (AvgIpc) is 2.69. The highest BCUT2D eigenvalue weighted by atomic mass is 28.2. The topological polar surface area (TPSA) is 0 Å². The van der Waals surface area contributed by atoms with Gasteiger partial charge in [-0.3, -0.25) is 0 Å². The van der Waals surface area contributed by atoms with E-state index in [2.05, 4.69) is 43.8 Å². The van der Waals surface area contributed by atoms with Gasteiger partial charge in [0, 0.05) is 0 Å². The van der Waals surface area contributed by atoms with Crippen LogP contribution >= 0.6 is 0 Å². The lowest BCUT2D eigenvalue weighted by molar-refractivity contribution is 0.217. The van der Waals surface area contributed by atoms with Crippen LogP contribution in [0.4, 0.5) is 0 Å². The van der Waals surface area contributed by atoms with Gasteiger partial charge in [0.25, 0.3) is 0 Å². The second-order valence-electron chi connectivity index (χ2n) is 8.56. The van der Waals surface area contributed by atoms with E-state index < -0.39 is 0 Å². The zero-order chi connectivity index (χ0) is 17.5. The van der Waals surface area contributed by atoms with Crippen LogP contribution in [-0.4, -0.2) is 9.52 Å². The van der Waals surface area contributed by atoms with E-state index in [1.807, 2.05) is 0 Å². The summed E-state index contributed by atoms with van der Waals surface area (Å²) in [7, 11) is 0.00777. The molecule has 2 aliphatic rings. The molecule has 0 saturated heterocycles. The molecule has 0 bridgehead atoms. The Kier molecular flexibility index (Phi) is 7.40. The van der Waals surface area contributed by atoms with Crippen LogP contribution in [-0.2, 0) is 0 Å². The van der Waals surface area contributed by atoms with Crippen LogP contribution in [0.2, 0.25) is 6.55 Å². The number of allylic oxidation sites excluding steroid dienone is 2. The van der Waals surface area contributed by atoms with E-state index in [-0.39, 0.29) is 9.52 Å². The average molecular weight is 355 g/mol. The van der Waals surface area contributed by atoms with Gasteiger partial charge in [0.1, 0.15) is 0 Å². The fourth-order valence-corrected chi connectivity index (χ4v) is 5.82. The summed E-state index contributed by atoms with van der Waals surface area (Å²) in [5.74, 6) is 2.84. The summed E-state index contributed by atoms with van der Waals surface area (Å²) in [5.41, 5.74) is 3.39. The molecular formula is C24H38Si. The summed E-state index contributed by atoms with van der Waals surface area (Å²) in [6.45, 7) is 4.69. The van der Waals surface area contributed by atoms with E-state index in [1.165, 1.54) is 70.6 Å². The smallest absolute Gasteiger partial charge is 0.0517 e. The molecule has 3 rings (SSSR count). The molecule has 0 heterocycles. The second kappa shape index (κ2) is 9.76. The second-order valence-corrected chi connectivity index (χ2v) is 10.1. The van der Waals surface area contributed by atoms with Crippen LogP contribution in [0.25, 0.3) is 0 Å². The molecule has 1 heteroatoms. The number of hydrogen-bond acceptors (Lipinski definition) is 0. The fraction of sp³-hybridized carbons (Fsp3) is 0.667. The summed E-state index contributed by atoms with van der Waals surface area (Å²) in [6, 6.07) is 9.67. The van der Waals surface area contributed by atoms with E-state index in [0.717, 1.165) is 17.8 Å². The molecule has 1 unspecified atom stereocenters. The molecule has 1 saturated carbocycles. The van der Waals surface area contributed by atoms with Crippen molar-refractivity contribution in [1.82, 2.24) is 0 Å². The van der Waals surface area contributed by atoms with E-state index in [4.69, 9.17) is 0 Å². The number of benzene rings is 1. The maximum Gasteiger partial charge on any atom is 0.0517 e. The molecule has 1 fully saturated rings. The van der Waals surface area contributed by atoms with Crippen molar-refractivity contribution in [3.8, 4) is 0 Å². The molecule has 1 aromatic carbocycles. The number of hydrogen-bond donors (Lipinski definition) is 0. The summed E-state index contributed by atoms with van der Waals surface area (Å²) < 4.78 is 0. The minimum absolute atomic E-state index is 0.00777. The highest BCUT2D eigenvalue weighted by molar-refractivity contribution is 6.51. The predicted octanol–water partition coefficient (Wildman–Crippen LogP) is 6.11. The summed E-state index contributed by atoms with van der Waals surface area (Å²) in [4.78, 5) is 0. The fourth-order valence-electron chi connectivity index (χ4n) is 5.12. The molecule has 0 radical (unpaired) electrons. The van der Waals surface area contributed by atoms with Crippen LogP contribution < -0.4 is 5.19 Å². The summed E-state index contributed by atoms with van der Waals surface area (Å²) >= 11 is 0. The molecule has 1 aromatic rings. The Morgan fingerprint density at radius 2 is 1.68 bits per heavy atom. The first-order valence-corrected chi connectivity index (χ1v) is 13.2. The number of unbranched alkanes of at least 4 members (excludes halogenated alkanes) is 2. The highest BCUT2D eigenvalue weighted by Gasteiger charge is 2.29. The zero-order valence-corrected chi connectivity index (χ0v) is 18.0. The molecular weight excluding hydrogens is 316 g/mol. The molecule has 2 aliphatic carbocycles. The maximum atomic E-state index is 2.63. The molecule has 138 valence electrons. The van der Waals surface area contributed by atoms with Gasteiger partial charge in [-0.1, -0.05) is 67.4 Å². The summed E-state index contributed by atoms with van der Waals surface area (Å²) in [6.07, 6.45) is 18.2. The quantitative estimate of drug-likeness (QED) is 0.315. The van der Waals surface area contributed by atoms with Crippen molar-refractivity contribution in [2.45, 2.75) is 90.0 Å². The summed E-state index contributed by atoms with van der Waals surface area (Å²) in [5, 5.41) is 1.61. The van der Waals surface area contributed by atoms with E-state index >= 15 is 0 Å². The van der Waals surface area contributed by atoms with Crippen molar-refractivity contribution in [3.05, 3.63) is 41.5 Å².